The number of halogens is 1. The van der Waals surface area contributed by atoms with E-state index in [2.05, 4.69) is 10.6 Å². The first-order valence-corrected chi connectivity index (χ1v) is 8.88. The Labute approximate surface area is 163 Å². The number of hydrogen-bond donors (Lipinski definition) is 2. The lowest BCUT2D eigenvalue weighted by atomic mass is 10.1. The maximum Gasteiger partial charge on any atom is 0.252 e. The van der Waals surface area contributed by atoms with E-state index in [-0.39, 0.29) is 30.8 Å². The molecule has 27 heavy (non-hydrogen) atoms. The van der Waals surface area contributed by atoms with Crippen molar-refractivity contribution in [3.05, 3.63) is 58.6 Å². The molecular formula is C20H23ClN2O4. The van der Waals surface area contributed by atoms with Gasteiger partial charge in [-0.05, 0) is 37.3 Å². The first kappa shape index (κ1) is 20.6. The summed E-state index contributed by atoms with van der Waals surface area (Å²) < 4.78 is 10.6. The fraction of sp³-hybridized carbons (Fsp3) is 0.300. The monoisotopic (exact) mass is 390 g/mol. The van der Waals surface area contributed by atoms with Gasteiger partial charge in [0.1, 0.15) is 11.5 Å². The lowest BCUT2D eigenvalue weighted by molar-refractivity contribution is -0.121. The third kappa shape index (κ3) is 5.62. The van der Waals surface area contributed by atoms with Gasteiger partial charge in [0.25, 0.3) is 5.91 Å². The molecule has 0 spiro atoms. The van der Waals surface area contributed by atoms with Crippen LogP contribution in [0, 0.1) is 0 Å². The van der Waals surface area contributed by atoms with Crippen molar-refractivity contribution in [2.45, 2.75) is 19.4 Å². The van der Waals surface area contributed by atoms with Crippen molar-refractivity contribution in [1.29, 1.82) is 0 Å². The first-order chi connectivity index (χ1) is 13.0. The van der Waals surface area contributed by atoms with Crippen molar-refractivity contribution in [2.75, 3.05) is 20.8 Å². The molecule has 7 heteroatoms. The summed E-state index contributed by atoms with van der Waals surface area (Å²) in [7, 11) is 3.15. The van der Waals surface area contributed by atoms with Crippen LogP contribution in [0.2, 0.25) is 5.02 Å². The van der Waals surface area contributed by atoms with Crippen LogP contribution in [0.1, 0.15) is 35.3 Å². The molecule has 0 heterocycles. The molecule has 144 valence electrons. The summed E-state index contributed by atoms with van der Waals surface area (Å²) in [6.45, 7) is 2.06. The summed E-state index contributed by atoms with van der Waals surface area (Å²) in [5.74, 6) is 0.845. The molecule has 0 unspecified atom stereocenters. The molecule has 2 amide bonds. The molecule has 0 fully saturated rings. The standard InChI is InChI=1S/C20H23ClN2O4/c1-13(16-12-14(26-2)8-9-18(16)27-3)23-19(24)10-11-22-20(25)15-6-4-5-7-17(15)21/h4-9,12-13H,10-11H2,1-3H3,(H,22,25)(H,23,24)/t13-/m1/s1. The second-order valence-electron chi connectivity index (χ2n) is 5.88. The van der Waals surface area contributed by atoms with Crippen LogP contribution in [0.25, 0.3) is 0 Å². The highest BCUT2D eigenvalue weighted by Gasteiger charge is 2.16. The minimum atomic E-state index is -0.309. The Hall–Kier alpha value is -2.73. The Morgan fingerprint density at radius 1 is 1.11 bits per heavy atom. The van der Waals surface area contributed by atoms with Gasteiger partial charge in [-0.15, -0.1) is 0 Å². The molecule has 0 aliphatic carbocycles. The van der Waals surface area contributed by atoms with Gasteiger partial charge in [0.15, 0.2) is 0 Å². The number of rotatable bonds is 8. The lowest BCUT2D eigenvalue weighted by Gasteiger charge is -2.18. The van der Waals surface area contributed by atoms with E-state index in [1.54, 1.807) is 50.6 Å². The quantitative estimate of drug-likeness (QED) is 0.724. The molecule has 2 aromatic carbocycles. The van der Waals surface area contributed by atoms with Crippen molar-refractivity contribution >= 4 is 23.4 Å². The largest absolute Gasteiger partial charge is 0.497 e. The number of amides is 2. The SMILES string of the molecule is COc1ccc(OC)c([C@@H](C)NC(=O)CCNC(=O)c2ccccc2Cl)c1. The molecule has 0 aliphatic rings. The van der Waals surface area contributed by atoms with Gasteiger partial charge in [0.05, 0.1) is 30.8 Å². The van der Waals surface area contributed by atoms with Crippen molar-refractivity contribution in [2.24, 2.45) is 0 Å². The zero-order chi connectivity index (χ0) is 19.8. The Morgan fingerprint density at radius 3 is 2.52 bits per heavy atom. The van der Waals surface area contributed by atoms with Crippen molar-refractivity contribution in [3.63, 3.8) is 0 Å². The van der Waals surface area contributed by atoms with Crippen molar-refractivity contribution in [1.82, 2.24) is 10.6 Å². The van der Waals surface area contributed by atoms with Gasteiger partial charge in [-0.3, -0.25) is 9.59 Å². The number of benzene rings is 2. The Kier molecular flexibility index (Phi) is 7.49. The van der Waals surface area contributed by atoms with Gasteiger partial charge in [0, 0.05) is 18.5 Å². The van der Waals surface area contributed by atoms with Crippen molar-refractivity contribution in [3.8, 4) is 11.5 Å². The number of methoxy groups -OCH3 is 2. The summed E-state index contributed by atoms with van der Waals surface area (Å²) in [6.07, 6.45) is 0.146. The predicted molar refractivity (Wildman–Crippen MR) is 105 cm³/mol. The fourth-order valence-corrected chi connectivity index (χ4v) is 2.82. The molecule has 1 atom stereocenters. The Bertz CT molecular complexity index is 810. The first-order valence-electron chi connectivity index (χ1n) is 8.50. The number of ether oxygens (including phenoxy) is 2. The minimum Gasteiger partial charge on any atom is -0.497 e. The van der Waals surface area contributed by atoms with Crippen LogP contribution in [0.5, 0.6) is 11.5 Å². The summed E-state index contributed by atoms with van der Waals surface area (Å²) >= 11 is 5.99. The molecular weight excluding hydrogens is 368 g/mol. The van der Waals surface area contributed by atoms with E-state index >= 15 is 0 Å². The van der Waals surface area contributed by atoms with Crippen LogP contribution in [0.3, 0.4) is 0 Å². The Morgan fingerprint density at radius 2 is 1.85 bits per heavy atom. The number of nitrogens with one attached hydrogen (secondary N) is 2. The minimum absolute atomic E-state index is 0.146. The molecule has 0 bridgehead atoms. The Balaban J connectivity index is 1.88. The van der Waals surface area contributed by atoms with Gasteiger partial charge in [-0.25, -0.2) is 0 Å². The zero-order valence-electron chi connectivity index (χ0n) is 15.5. The summed E-state index contributed by atoms with van der Waals surface area (Å²) in [5, 5.41) is 5.96. The van der Waals surface area contributed by atoms with E-state index in [0.29, 0.717) is 22.1 Å². The summed E-state index contributed by atoms with van der Waals surface area (Å²) in [6, 6.07) is 11.9. The lowest BCUT2D eigenvalue weighted by Crippen LogP contribution is -2.32. The highest BCUT2D eigenvalue weighted by atomic mass is 35.5. The van der Waals surface area contributed by atoms with Gasteiger partial charge in [-0.2, -0.15) is 0 Å². The van der Waals surface area contributed by atoms with Gasteiger partial charge >= 0.3 is 0 Å². The van der Waals surface area contributed by atoms with E-state index < -0.39 is 0 Å². The average molecular weight is 391 g/mol. The number of hydrogen-bond acceptors (Lipinski definition) is 4. The van der Waals surface area contributed by atoms with Crippen LogP contribution in [0.4, 0.5) is 0 Å². The third-order valence-electron chi connectivity index (χ3n) is 4.04. The van der Waals surface area contributed by atoms with E-state index in [1.165, 1.54) is 0 Å². The highest BCUT2D eigenvalue weighted by Crippen LogP contribution is 2.29. The molecule has 0 saturated carbocycles. The van der Waals surface area contributed by atoms with E-state index in [0.717, 1.165) is 5.56 Å². The molecule has 0 saturated heterocycles. The van der Waals surface area contributed by atoms with E-state index in [1.807, 2.05) is 13.0 Å². The summed E-state index contributed by atoms with van der Waals surface area (Å²) in [4.78, 5) is 24.3. The van der Waals surface area contributed by atoms with Crippen molar-refractivity contribution < 1.29 is 19.1 Å². The third-order valence-corrected chi connectivity index (χ3v) is 4.37. The number of carbonyl (C=O) groups is 2. The normalized spacial score (nSPS) is 11.4. The van der Waals surface area contributed by atoms with Crippen LogP contribution in [-0.4, -0.2) is 32.6 Å². The fourth-order valence-electron chi connectivity index (χ4n) is 2.60. The average Bonchev–Trinajstić information content (AvgIpc) is 2.67. The molecule has 2 aromatic rings. The predicted octanol–water partition coefficient (Wildman–Crippen LogP) is 3.35. The topological polar surface area (TPSA) is 76.7 Å². The van der Waals surface area contributed by atoms with Crippen LogP contribution in [0.15, 0.2) is 42.5 Å². The maximum absolute atomic E-state index is 12.2. The molecule has 0 aliphatic heterocycles. The second kappa shape index (κ2) is 9.83. The molecule has 6 nitrogen and oxygen atoms in total. The van der Waals surface area contributed by atoms with Gasteiger partial charge in [-0.1, -0.05) is 23.7 Å². The van der Waals surface area contributed by atoms with Crippen LogP contribution < -0.4 is 20.1 Å². The molecule has 0 radical (unpaired) electrons. The van der Waals surface area contributed by atoms with Crippen LogP contribution >= 0.6 is 11.6 Å². The van der Waals surface area contributed by atoms with E-state index in [4.69, 9.17) is 21.1 Å². The van der Waals surface area contributed by atoms with Gasteiger partial charge < -0.3 is 20.1 Å². The van der Waals surface area contributed by atoms with E-state index in [9.17, 15) is 9.59 Å². The molecule has 0 aromatic heterocycles. The zero-order valence-corrected chi connectivity index (χ0v) is 16.3. The summed E-state index contributed by atoms with van der Waals surface area (Å²) in [5.41, 5.74) is 1.19. The molecule has 2 N–H and O–H groups in total. The maximum atomic E-state index is 12.2. The molecule has 2 rings (SSSR count). The second-order valence-corrected chi connectivity index (χ2v) is 6.29. The van der Waals surface area contributed by atoms with Crippen LogP contribution in [-0.2, 0) is 4.79 Å². The van der Waals surface area contributed by atoms with Gasteiger partial charge in [0.2, 0.25) is 5.91 Å². The smallest absolute Gasteiger partial charge is 0.252 e. The number of carbonyl (C=O) groups excluding carboxylic acids is 2. The highest BCUT2D eigenvalue weighted by molar-refractivity contribution is 6.33.